The van der Waals surface area contributed by atoms with Gasteiger partial charge in [-0.05, 0) is 36.6 Å². The molecule has 4 N–H and O–H groups in total. The summed E-state index contributed by atoms with van der Waals surface area (Å²) in [6.07, 6.45) is 1.06. The van der Waals surface area contributed by atoms with Gasteiger partial charge in [-0.15, -0.1) is 0 Å². The Bertz CT molecular complexity index is 642. The van der Waals surface area contributed by atoms with Crippen LogP contribution >= 0.6 is 0 Å². The van der Waals surface area contributed by atoms with Crippen molar-refractivity contribution < 1.29 is 4.74 Å². The fourth-order valence-electron chi connectivity index (χ4n) is 2.73. The van der Waals surface area contributed by atoms with E-state index in [0.717, 1.165) is 25.3 Å². The Hall–Kier alpha value is -2.20. The summed E-state index contributed by atoms with van der Waals surface area (Å²) in [6, 6.07) is 14.0. The van der Waals surface area contributed by atoms with E-state index in [-0.39, 0.29) is 6.23 Å². The highest BCUT2D eigenvalue weighted by Gasteiger charge is 2.21. The normalized spacial score (nSPS) is 16.2. The topological polar surface area (TPSA) is 64.5 Å². The van der Waals surface area contributed by atoms with Crippen molar-refractivity contribution in [3.8, 4) is 5.75 Å². The first-order valence-corrected chi connectivity index (χ1v) is 7.26. The highest BCUT2D eigenvalue weighted by molar-refractivity contribution is 5.65. The average molecular weight is 283 g/mol. The molecule has 1 aliphatic rings. The second kappa shape index (κ2) is 5.66. The van der Waals surface area contributed by atoms with Crippen LogP contribution in [0.3, 0.4) is 0 Å². The highest BCUT2D eigenvalue weighted by Crippen LogP contribution is 2.25. The molecular formula is C17H21N3O. The maximum atomic E-state index is 6.00. The minimum Gasteiger partial charge on any atom is -0.475 e. The van der Waals surface area contributed by atoms with Gasteiger partial charge in [0.25, 0.3) is 0 Å². The van der Waals surface area contributed by atoms with Crippen LogP contribution in [-0.4, -0.2) is 17.7 Å². The first-order valence-electron chi connectivity index (χ1n) is 7.26. The van der Waals surface area contributed by atoms with E-state index in [4.69, 9.17) is 16.2 Å². The number of ether oxygens (including phenoxy) is 1. The van der Waals surface area contributed by atoms with E-state index in [2.05, 4.69) is 36.1 Å². The zero-order valence-electron chi connectivity index (χ0n) is 12.3. The van der Waals surface area contributed by atoms with Crippen molar-refractivity contribution in [1.82, 2.24) is 4.90 Å². The fraction of sp³-hybridized carbons (Fsp3) is 0.294. The number of nitrogens with zero attached hydrogens (tertiary/aromatic N) is 1. The van der Waals surface area contributed by atoms with Crippen LogP contribution in [0.4, 0.5) is 11.4 Å². The molecule has 0 spiro atoms. The van der Waals surface area contributed by atoms with Gasteiger partial charge in [0.05, 0.1) is 11.4 Å². The Balaban J connectivity index is 1.69. The maximum absolute atomic E-state index is 6.00. The highest BCUT2D eigenvalue weighted by atomic mass is 16.5. The van der Waals surface area contributed by atoms with Gasteiger partial charge in [-0.1, -0.05) is 24.3 Å². The van der Waals surface area contributed by atoms with Crippen LogP contribution in [0.25, 0.3) is 0 Å². The van der Waals surface area contributed by atoms with Gasteiger partial charge in [0.15, 0.2) is 0 Å². The van der Waals surface area contributed by atoms with E-state index in [1.807, 2.05) is 6.07 Å². The van der Waals surface area contributed by atoms with Crippen LogP contribution in [0.2, 0.25) is 0 Å². The standard InChI is InChI=1S/C17H21N3O/c1-12(21-15-6-7-16(18)17(19)10-15)20-9-8-13-4-2-3-5-14(13)11-20/h2-7,10,12H,8-9,11,18-19H2,1H3. The van der Waals surface area contributed by atoms with Gasteiger partial charge in [-0.3, -0.25) is 4.90 Å². The smallest absolute Gasteiger partial charge is 0.150 e. The van der Waals surface area contributed by atoms with Gasteiger partial charge >= 0.3 is 0 Å². The molecule has 2 aromatic rings. The lowest BCUT2D eigenvalue weighted by atomic mass is 10.00. The Labute approximate surface area is 125 Å². The molecule has 4 heteroatoms. The fourth-order valence-corrected chi connectivity index (χ4v) is 2.73. The Morgan fingerprint density at radius 3 is 2.57 bits per heavy atom. The van der Waals surface area contributed by atoms with Gasteiger partial charge in [0.1, 0.15) is 12.0 Å². The summed E-state index contributed by atoms with van der Waals surface area (Å²) in [6.45, 7) is 3.99. The SMILES string of the molecule is CC(Oc1ccc(N)c(N)c1)N1CCc2ccccc2C1. The molecule has 0 saturated carbocycles. The average Bonchev–Trinajstić information content (AvgIpc) is 2.50. The molecule has 0 bridgehead atoms. The summed E-state index contributed by atoms with van der Waals surface area (Å²) in [5.41, 5.74) is 15.5. The lowest BCUT2D eigenvalue weighted by Crippen LogP contribution is -2.40. The molecule has 1 aliphatic heterocycles. The largest absolute Gasteiger partial charge is 0.475 e. The van der Waals surface area contributed by atoms with Crippen molar-refractivity contribution >= 4 is 11.4 Å². The monoisotopic (exact) mass is 283 g/mol. The number of anilines is 2. The summed E-state index contributed by atoms with van der Waals surface area (Å²) in [5.74, 6) is 0.757. The second-order valence-corrected chi connectivity index (χ2v) is 5.50. The summed E-state index contributed by atoms with van der Waals surface area (Å²) >= 11 is 0. The summed E-state index contributed by atoms with van der Waals surface area (Å²) in [4.78, 5) is 2.33. The quantitative estimate of drug-likeness (QED) is 0.850. The number of hydrogen-bond acceptors (Lipinski definition) is 4. The minimum atomic E-state index is 0.00128. The van der Waals surface area contributed by atoms with Crippen LogP contribution in [0, 0.1) is 0 Å². The van der Waals surface area contributed by atoms with E-state index in [9.17, 15) is 0 Å². The number of nitrogens with two attached hydrogens (primary N) is 2. The molecule has 110 valence electrons. The predicted molar refractivity (Wildman–Crippen MR) is 85.9 cm³/mol. The Kier molecular flexibility index (Phi) is 3.71. The van der Waals surface area contributed by atoms with Gasteiger partial charge < -0.3 is 16.2 Å². The summed E-state index contributed by atoms with van der Waals surface area (Å²) in [7, 11) is 0. The molecule has 21 heavy (non-hydrogen) atoms. The number of fused-ring (bicyclic) bond motifs is 1. The van der Waals surface area contributed by atoms with Gasteiger partial charge in [-0.2, -0.15) is 0 Å². The molecule has 0 radical (unpaired) electrons. The molecular weight excluding hydrogens is 262 g/mol. The van der Waals surface area contributed by atoms with Gasteiger partial charge in [-0.25, -0.2) is 0 Å². The lowest BCUT2D eigenvalue weighted by molar-refractivity contribution is 0.0295. The molecule has 2 aromatic carbocycles. The molecule has 0 aromatic heterocycles. The molecule has 1 heterocycles. The lowest BCUT2D eigenvalue weighted by Gasteiger charge is -2.33. The van der Waals surface area contributed by atoms with Crippen molar-refractivity contribution in [3.05, 3.63) is 53.6 Å². The van der Waals surface area contributed by atoms with E-state index in [1.54, 1.807) is 12.1 Å². The number of rotatable bonds is 3. The van der Waals surface area contributed by atoms with Crippen molar-refractivity contribution in [2.45, 2.75) is 26.1 Å². The zero-order valence-corrected chi connectivity index (χ0v) is 12.3. The van der Waals surface area contributed by atoms with Gasteiger partial charge in [0.2, 0.25) is 0 Å². The second-order valence-electron chi connectivity index (χ2n) is 5.50. The minimum absolute atomic E-state index is 0.00128. The number of nitrogen functional groups attached to an aromatic ring is 2. The zero-order chi connectivity index (χ0) is 14.8. The molecule has 0 aliphatic carbocycles. The maximum Gasteiger partial charge on any atom is 0.150 e. The molecule has 4 nitrogen and oxygen atoms in total. The summed E-state index contributed by atoms with van der Waals surface area (Å²) in [5, 5.41) is 0. The first kappa shape index (κ1) is 13.8. The third kappa shape index (κ3) is 2.95. The Morgan fingerprint density at radius 1 is 1.05 bits per heavy atom. The van der Waals surface area contributed by atoms with Crippen molar-refractivity contribution in [2.24, 2.45) is 0 Å². The van der Waals surface area contributed by atoms with Gasteiger partial charge in [0, 0.05) is 19.2 Å². The van der Waals surface area contributed by atoms with E-state index in [1.165, 1.54) is 11.1 Å². The van der Waals surface area contributed by atoms with Crippen molar-refractivity contribution in [3.63, 3.8) is 0 Å². The number of hydrogen-bond donors (Lipinski definition) is 2. The van der Waals surface area contributed by atoms with E-state index < -0.39 is 0 Å². The number of benzene rings is 2. The van der Waals surface area contributed by atoms with E-state index in [0.29, 0.717) is 11.4 Å². The van der Waals surface area contributed by atoms with Crippen LogP contribution in [0.5, 0.6) is 5.75 Å². The molecule has 3 rings (SSSR count). The predicted octanol–water partition coefficient (Wildman–Crippen LogP) is 2.63. The third-order valence-electron chi connectivity index (χ3n) is 4.04. The van der Waals surface area contributed by atoms with Crippen molar-refractivity contribution in [1.29, 1.82) is 0 Å². The van der Waals surface area contributed by atoms with Crippen molar-refractivity contribution in [2.75, 3.05) is 18.0 Å². The molecule has 0 saturated heterocycles. The van der Waals surface area contributed by atoms with Crippen LogP contribution in [0.1, 0.15) is 18.1 Å². The van der Waals surface area contributed by atoms with Crippen LogP contribution in [0.15, 0.2) is 42.5 Å². The summed E-state index contributed by atoms with van der Waals surface area (Å²) < 4.78 is 6.00. The molecule has 0 fully saturated rings. The van der Waals surface area contributed by atoms with E-state index >= 15 is 0 Å². The molecule has 1 atom stereocenters. The van der Waals surface area contributed by atoms with Crippen LogP contribution in [-0.2, 0) is 13.0 Å². The van der Waals surface area contributed by atoms with Crippen LogP contribution < -0.4 is 16.2 Å². The molecule has 0 amide bonds. The first-order chi connectivity index (χ1) is 10.1. The third-order valence-corrected chi connectivity index (χ3v) is 4.04. The molecule has 1 unspecified atom stereocenters. The Morgan fingerprint density at radius 2 is 1.81 bits per heavy atom.